The number of benzene rings is 1. The van der Waals surface area contributed by atoms with Crippen LogP contribution in [0.5, 0.6) is 0 Å². The Kier molecular flexibility index (Phi) is 3.77. The summed E-state index contributed by atoms with van der Waals surface area (Å²) in [5.41, 5.74) is 2.83. The molecule has 0 saturated heterocycles. The van der Waals surface area contributed by atoms with Crippen LogP contribution in [0.15, 0.2) is 55.0 Å². The second-order valence-corrected chi connectivity index (χ2v) is 5.72. The lowest BCUT2D eigenvalue weighted by atomic mass is 10.2. The van der Waals surface area contributed by atoms with Gasteiger partial charge >= 0.3 is 0 Å². The summed E-state index contributed by atoms with van der Waals surface area (Å²) >= 11 is 0. The molecule has 1 N–H and O–H groups in total. The molecule has 0 aliphatic rings. The largest absolute Gasteiger partial charge is 0.306 e. The molecule has 3 heterocycles. The van der Waals surface area contributed by atoms with E-state index >= 15 is 0 Å². The first kappa shape index (κ1) is 15.7. The van der Waals surface area contributed by atoms with E-state index in [1.54, 1.807) is 18.5 Å². The van der Waals surface area contributed by atoms with Gasteiger partial charge in [0.15, 0.2) is 11.9 Å². The third kappa shape index (κ3) is 2.73. The van der Waals surface area contributed by atoms with Crippen LogP contribution in [0.25, 0.3) is 11.3 Å². The maximum absolute atomic E-state index is 12.7. The summed E-state index contributed by atoms with van der Waals surface area (Å²) in [6.07, 6.45) is 5.39. The van der Waals surface area contributed by atoms with Crippen molar-refractivity contribution in [2.24, 2.45) is 0 Å². The number of hydrogen-bond donors (Lipinski definition) is 1. The predicted molar refractivity (Wildman–Crippen MR) is 94.6 cm³/mol. The molecule has 0 bridgehead atoms. The Labute approximate surface area is 148 Å². The summed E-state index contributed by atoms with van der Waals surface area (Å²) in [6.45, 7) is 1.98. The van der Waals surface area contributed by atoms with Crippen LogP contribution in [0, 0.1) is 6.92 Å². The van der Waals surface area contributed by atoms with E-state index in [1.807, 2.05) is 31.2 Å². The number of aryl methyl sites for hydroxylation is 1. The topological polar surface area (TPSA) is 94.2 Å². The second-order valence-electron chi connectivity index (χ2n) is 5.72. The van der Waals surface area contributed by atoms with Crippen LogP contribution >= 0.6 is 0 Å². The molecule has 0 radical (unpaired) electrons. The van der Waals surface area contributed by atoms with Crippen molar-refractivity contribution >= 4 is 23.7 Å². The van der Waals surface area contributed by atoms with Gasteiger partial charge in [0, 0.05) is 18.5 Å². The number of amides is 1. The monoisotopic (exact) mass is 346 g/mol. The van der Waals surface area contributed by atoms with Crippen molar-refractivity contribution in [3.63, 3.8) is 0 Å². The number of nitrogens with zero attached hydrogens (tertiary/aromatic N) is 5. The Morgan fingerprint density at radius 1 is 1.23 bits per heavy atom. The Morgan fingerprint density at radius 3 is 2.81 bits per heavy atom. The van der Waals surface area contributed by atoms with Crippen molar-refractivity contribution in [1.29, 1.82) is 0 Å². The van der Waals surface area contributed by atoms with Gasteiger partial charge in [0.1, 0.15) is 17.1 Å². The lowest BCUT2D eigenvalue weighted by Gasteiger charge is -2.08. The molecular formula is C18H14N6O2. The van der Waals surface area contributed by atoms with Crippen LogP contribution in [0.3, 0.4) is 0 Å². The average Bonchev–Trinajstić information content (AvgIpc) is 3.26. The smallest absolute Gasteiger partial charge is 0.262 e. The number of aromatic nitrogens is 5. The van der Waals surface area contributed by atoms with Crippen LogP contribution in [-0.4, -0.2) is 36.6 Å². The molecule has 0 aliphatic carbocycles. The van der Waals surface area contributed by atoms with Gasteiger partial charge in [0.2, 0.25) is 0 Å². The summed E-state index contributed by atoms with van der Waals surface area (Å²) in [7, 11) is 0. The first-order chi connectivity index (χ1) is 12.7. The van der Waals surface area contributed by atoms with Gasteiger partial charge < -0.3 is 5.32 Å². The van der Waals surface area contributed by atoms with E-state index in [-0.39, 0.29) is 11.6 Å². The molecule has 0 fully saturated rings. The lowest BCUT2D eigenvalue weighted by Crippen LogP contribution is -2.15. The number of rotatable bonds is 4. The number of fused-ring (bicyclic) bond motifs is 1. The van der Waals surface area contributed by atoms with Crippen molar-refractivity contribution in [1.82, 2.24) is 24.4 Å². The summed E-state index contributed by atoms with van der Waals surface area (Å²) in [4.78, 5) is 28.0. The van der Waals surface area contributed by atoms with Gasteiger partial charge in [0.25, 0.3) is 5.91 Å². The standard InChI is InChI=1S/C18H14N6O2/c1-12-3-5-14(6-4-12)24-16(9-13(11-25)22-24)21-18(26)15-10-20-23-8-2-7-19-17(15)23/h2-11H,1H3,(H,21,26). The van der Waals surface area contributed by atoms with Gasteiger partial charge in [-0.05, 0) is 25.1 Å². The predicted octanol–water partition coefficient (Wildman–Crippen LogP) is 2.29. The fourth-order valence-electron chi connectivity index (χ4n) is 2.60. The van der Waals surface area contributed by atoms with Gasteiger partial charge in [-0.2, -0.15) is 10.2 Å². The molecule has 0 unspecified atom stereocenters. The molecule has 3 aromatic heterocycles. The molecule has 8 heteroatoms. The third-order valence-electron chi connectivity index (χ3n) is 3.89. The van der Waals surface area contributed by atoms with E-state index in [9.17, 15) is 9.59 Å². The SMILES string of the molecule is Cc1ccc(-n2nc(C=O)cc2NC(=O)c2cnn3cccnc23)cc1. The van der Waals surface area contributed by atoms with Crippen molar-refractivity contribution in [3.8, 4) is 5.69 Å². The third-order valence-corrected chi connectivity index (χ3v) is 3.89. The number of aldehydes is 1. The van der Waals surface area contributed by atoms with E-state index in [0.717, 1.165) is 11.3 Å². The van der Waals surface area contributed by atoms with Crippen molar-refractivity contribution in [3.05, 3.63) is 71.8 Å². The summed E-state index contributed by atoms with van der Waals surface area (Å²) in [5, 5.41) is 11.1. The van der Waals surface area contributed by atoms with E-state index < -0.39 is 0 Å². The normalized spacial score (nSPS) is 10.8. The zero-order valence-electron chi connectivity index (χ0n) is 13.8. The highest BCUT2D eigenvalue weighted by atomic mass is 16.2. The molecule has 0 atom stereocenters. The maximum Gasteiger partial charge on any atom is 0.262 e. The molecule has 4 rings (SSSR count). The Morgan fingerprint density at radius 2 is 2.04 bits per heavy atom. The number of hydrogen-bond acceptors (Lipinski definition) is 5. The van der Waals surface area contributed by atoms with E-state index in [2.05, 4.69) is 20.5 Å². The van der Waals surface area contributed by atoms with Gasteiger partial charge in [0.05, 0.1) is 11.9 Å². The van der Waals surface area contributed by atoms with Gasteiger partial charge in [-0.1, -0.05) is 17.7 Å². The zero-order valence-corrected chi connectivity index (χ0v) is 13.8. The number of nitrogens with one attached hydrogen (secondary N) is 1. The first-order valence-electron chi connectivity index (χ1n) is 7.88. The number of carbonyl (C=O) groups excluding carboxylic acids is 2. The molecular weight excluding hydrogens is 332 g/mol. The first-order valence-corrected chi connectivity index (χ1v) is 7.88. The molecule has 1 amide bonds. The molecule has 26 heavy (non-hydrogen) atoms. The summed E-state index contributed by atoms with van der Waals surface area (Å²) in [6, 6.07) is 10.8. The zero-order chi connectivity index (χ0) is 18.1. The number of carbonyl (C=O) groups is 2. The minimum Gasteiger partial charge on any atom is -0.306 e. The van der Waals surface area contributed by atoms with E-state index in [1.165, 1.54) is 21.5 Å². The quantitative estimate of drug-likeness (QED) is 0.572. The van der Waals surface area contributed by atoms with Crippen LogP contribution in [0.2, 0.25) is 0 Å². The highest BCUT2D eigenvalue weighted by Crippen LogP contribution is 2.19. The van der Waals surface area contributed by atoms with Crippen molar-refractivity contribution in [2.45, 2.75) is 6.92 Å². The average molecular weight is 346 g/mol. The van der Waals surface area contributed by atoms with E-state index in [0.29, 0.717) is 23.3 Å². The molecule has 0 saturated carbocycles. The fraction of sp³-hybridized carbons (Fsp3) is 0.0556. The molecule has 4 aromatic rings. The highest BCUT2D eigenvalue weighted by Gasteiger charge is 2.17. The highest BCUT2D eigenvalue weighted by molar-refractivity contribution is 6.08. The van der Waals surface area contributed by atoms with Crippen LogP contribution in [0.4, 0.5) is 5.82 Å². The van der Waals surface area contributed by atoms with Gasteiger partial charge in [-0.3, -0.25) is 9.59 Å². The summed E-state index contributed by atoms with van der Waals surface area (Å²) < 4.78 is 3.03. The molecule has 0 aliphatic heterocycles. The van der Waals surface area contributed by atoms with Gasteiger partial charge in [-0.15, -0.1) is 0 Å². The minimum atomic E-state index is -0.385. The van der Waals surface area contributed by atoms with Gasteiger partial charge in [-0.25, -0.2) is 14.2 Å². The summed E-state index contributed by atoms with van der Waals surface area (Å²) in [5.74, 6) is 0.000597. The van der Waals surface area contributed by atoms with Crippen LogP contribution in [0.1, 0.15) is 26.4 Å². The Bertz CT molecular complexity index is 1110. The van der Waals surface area contributed by atoms with Crippen LogP contribution < -0.4 is 5.32 Å². The lowest BCUT2D eigenvalue weighted by molar-refractivity contribution is 0.102. The molecule has 8 nitrogen and oxygen atoms in total. The maximum atomic E-state index is 12.7. The fourth-order valence-corrected chi connectivity index (χ4v) is 2.60. The minimum absolute atomic E-state index is 0.221. The van der Waals surface area contributed by atoms with Crippen LogP contribution in [-0.2, 0) is 0 Å². The Balaban J connectivity index is 1.71. The molecule has 0 spiro atoms. The van der Waals surface area contributed by atoms with Crippen molar-refractivity contribution < 1.29 is 9.59 Å². The molecule has 1 aromatic carbocycles. The van der Waals surface area contributed by atoms with Crippen molar-refractivity contribution in [2.75, 3.05) is 5.32 Å². The Hall–Kier alpha value is -3.81. The second kappa shape index (κ2) is 6.25. The molecule has 128 valence electrons. The van der Waals surface area contributed by atoms with E-state index in [4.69, 9.17) is 0 Å². The number of anilines is 1.